The zero-order valence-corrected chi connectivity index (χ0v) is 20.5. The molecule has 0 radical (unpaired) electrons. The van der Waals surface area contributed by atoms with Crippen LogP contribution in [0.25, 0.3) is 32.7 Å². The molecule has 0 aliphatic rings. The molecule has 0 spiro atoms. The highest BCUT2D eigenvalue weighted by Crippen LogP contribution is 2.45. The average Bonchev–Trinajstić information content (AvgIpc) is 2.91. The van der Waals surface area contributed by atoms with E-state index in [9.17, 15) is 0 Å². The van der Waals surface area contributed by atoms with Crippen LogP contribution in [0.5, 0.6) is 0 Å². The van der Waals surface area contributed by atoms with Crippen molar-refractivity contribution >= 4 is 44.3 Å². The summed E-state index contributed by atoms with van der Waals surface area (Å²) < 4.78 is 0. The van der Waals surface area contributed by atoms with Crippen molar-refractivity contribution in [3.63, 3.8) is 0 Å². The lowest BCUT2D eigenvalue weighted by molar-refractivity contribution is 1.45. The molecule has 0 fully saturated rings. The number of aryl methyl sites for hydroxylation is 2. The van der Waals surface area contributed by atoms with Crippen molar-refractivity contribution in [2.24, 2.45) is 0 Å². The van der Waals surface area contributed by atoms with Gasteiger partial charge in [-0.3, -0.25) is 0 Å². The van der Waals surface area contributed by atoms with E-state index in [-0.39, 0.29) is 0 Å². The molecule has 0 aromatic heterocycles. The maximum absolute atomic E-state index is 3.73. The van der Waals surface area contributed by atoms with Crippen LogP contribution >= 0.6 is 0 Å². The molecule has 0 saturated carbocycles. The predicted molar refractivity (Wildman–Crippen MR) is 156 cm³/mol. The number of fused-ring (bicyclic) bond motifs is 2. The molecule has 0 unspecified atom stereocenters. The molecule has 6 aromatic carbocycles. The Morgan fingerprint density at radius 2 is 0.778 bits per heavy atom. The van der Waals surface area contributed by atoms with Gasteiger partial charge in [0.25, 0.3) is 0 Å². The minimum absolute atomic E-state index is 1.07. The third kappa shape index (κ3) is 4.18. The van der Waals surface area contributed by atoms with E-state index in [2.05, 4.69) is 146 Å². The maximum atomic E-state index is 3.73. The summed E-state index contributed by atoms with van der Waals surface area (Å²) in [5, 5.41) is 12.3. The molecule has 0 aliphatic carbocycles. The van der Waals surface area contributed by atoms with Crippen molar-refractivity contribution in [2.45, 2.75) is 13.8 Å². The van der Waals surface area contributed by atoms with Crippen molar-refractivity contribution < 1.29 is 0 Å². The van der Waals surface area contributed by atoms with Gasteiger partial charge in [0.1, 0.15) is 0 Å². The predicted octanol–water partition coefficient (Wildman–Crippen LogP) is 9.76. The first-order valence-corrected chi connectivity index (χ1v) is 12.4. The maximum Gasteiger partial charge on any atom is 0.0471 e. The van der Waals surface area contributed by atoms with Crippen LogP contribution < -0.4 is 10.6 Å². The summed E-state index contributed by atoms with van der Waals surface area (Å²) in [4.78, 5) is 0. The Hall–Kier alpha value is -4.56. The van der Waals surface area contributed by atoms with Gasteiger partial charge in [-0.25, -0.2) is 0 Å². The molecule has 36 heavy (non-hydrogen) atoms. The van der Waals surface area contributed by atoms with Gasteiger partial charge in [0.2, 0.25) is 0 Å². The van der Waals surface area contributed by atoms with Gasteiger partial charge in [0.05, 0.1) is 0 Å². The molecule has 0 amide bonds. The van der Waals surface area contributed by atoms with Gasteiger partial charge in [0.15, 0.2) is 0 Å². The van der Waals surface area contributed by atoms with Crippen molar-refractivity contribution in [2.75, 3.05) is 10.6 Å². The summed E-state index contributed by atoms with van der Waals surface area (Å²) in [6, 6.07) is 43.2. The third-order valence-corrected chi connectivity index (χ3v) is 6.77. The summed E-state index contributed by atoms with van der Waals surface area (Å²) in [5.74, 6) is 0. The molecule has 174 valence electrons. The number of anilines is 4. The highest BCUT2D eigenvalue weighted by atomic mass is 14.9. The van der Waals surface area contributed by atoms with Gasteiger partial charge in [0, 0.05) is 33.9 Å². The number of benzene rings is 6. The first kappa shape index (κ1) is 21.9. The zero-order chi connectivity index (χ0) is 24.5. The number of rotatable bonds is 5. The van der Waals surface area contributed by atoms with Crippen molar-refractivity contribution in [1.29, 1.82) is 0 Å². The lowest BCUT2D eigenvalue weighted by atomic mass is 9.90. The Morgan fingerprint density at radius 1 is 0.389 bits per heavy atom. The summed E-state index contributed by atoms with van der Waals surface area (Å²) in [6.07, 6.45) is 0. The third-order valence-electron chi connectivity index (χ3n) is 6.77. The Balaban J connectivity index is 1.63. The zero-order valence-electron chi connectivity index (χ0n) is 20.5. The SMILES string of the molecule is Cc1ccc(Nc2ccc3ccccc3c2-c2c(Nc3ccc(C)cc3)ccc3ccccc23)cc1. The van der Waals surface area contributed by atoms with Crippen molar-refractivity contribution in [3.8, 4) is 11.1 Å². The van der Waals surface area contributed by atoms with Crippen LogP contribution in [-0.4, -0.2) is 0 Å². The van der Waals surface area contributed by atoms with Crippen molar-refractivity contribution in [1.82, 2.24) is 0 Å². The Morgan fingerprint density at radius 3 is 1.19 bits per heavy atom. The molecular weight excluding hydrogens is 436 g/mol. The van der Waals surface area contributed by atoms with E-state index in [1.54, 1.807) is 0 Å². The van der Waals surface area contributed by atoms with Gasteiger partial charge >= 0.3 is 0 Å². The highest BCUT2D eigenvalue weighted by molar-refractivity contribution is 6.14. The molecule has 6 rings (SSSR count). The minimum atomic E-state index is 1.07. The molecule has 6 aromatic rings. The lowest BCUT2D eigenvalue weighted by Gasteiger charge is -2.21. The van der Waals surface area contributed by atoms with Gasteiger partial charge in [-0.15, -0.1) is 0 Å². The fraction of sp³-hybridized carbons (Fsp3) is 0.0588. The monoisotopic (exact) mass is 464 g/mol. The van der Waals surface area contributed by atoms with Crippen LogP contribution in [0.15, 0.2) is 121 Å². The normalized spacial score (nSPS) is 11.1. The summed E-state index contributed by atoms with van der Waals surface area (Å²) in [7, 11) is 0. The smallest absolute Gasteiger partial charge is 0.0471 e. The summed E-state index contributed by atoms with van der Waals surface area (Å²) in [5.41, 5.74) is 9.20. The second-order valence-electron chi connectivity index (χ2n) is 9.40. The molecule has 0 saturated heterocycles. The van der Waals surface area contributed by atoms with Crippen LogP contribution in [-0.2, 0) is 0 Å². The number of nitrogens with one attached hydrogen (secondary N) is 2. The van der Waals surface area contributed by atoms with Crippen molar-refractivity contribution in [3.05, 3.63) is 132 Å². The first-order chi connectivity index (χ1) is 17.7. The largest absolute Gasteiger partial charge is 0.355 e. The van der Waals surface area contributed by atoms with Gasteiger partial charge < -0.3 is 10.6 Å². The molecule has 0 atom stereocenters. The second kappa shape index (κ2) is 9.24. The summed E-state index contributed by atoms with van der Waals surface area (Å²) in [6.45, 7) is 4.23. The number of hydrogen-bond donors (Lipinski definition) is 2. The van der Waals surface area contributed by atoms with E-state index >= 15 is 0 Å². The Kier molecular flexibility index (Phi) is 5.63. The molecule has 0 aliphatic heterocycles. The second-order valence-corrected chi connectivity index (χ2v) is 9.40. The van der Waals surface area contributed by atoms with Crippen LogP contribution in [0.2, 0.25) is 0 Å². The van der Waals surface area contributed by atoms with Crippen LogP contribution in [0.4, 0.5) is 22.7 Å². The molecule has 0 bridgehead atoms. The quantitative estimate of drug-likeness (QED) is 0.265. The van der Waals surface area contributed by atoms with Gasteiger partial charge in [-0.1, -0.05) is 96.1 Å². The molecular formula is C34H28N2. The van der Waals surface area contributed by atoms with E-state index in [0.717, 1.165) is 22.7 Å². The highest BCUT2D eigenvalue weighted by Gasteiger charge is 2.17. The van der Waals surface area contributed by atoms with Gasteiger partial charge in [-0.2, -0.15) is 0 Å². The van der Waals surface area contributed by atoms with E-state index < -0.39 is 0 Å². The standard InChI is InChI=1S/C34H28N2/c1-23-11-17-27(18-12-23)35-31-21-15-25-7-3-5-9-29(25)33(31)34-30-10-6-4-8-26(30)16-22-32(34)36-28-19-13-24(2)14-20-28/h3-22,35-36H,1-2H3. The van der Waals surface area contributed by atoms with E-state index in [1.807, 2.05) is 0 Å². The Bertz CT molecular complexity index is 1550. The Labute approximate surface area is 212 Å². The number of hydrogen-bond acceptors (Lipinski definition) is 2. The fourth-order valence-corrected chi connectivity index (χ4v) is 4.87. The molecule has 2 N–H and O–H groups in total. The van der Waals surface area contributed by atoms with E-state index in [0.29, 0.717) is 0 Å². The topological polar surface area (TPSA) is 24.1 Å². The lowest BCUT2D eigenvalue weighted by Crippen LogP contribution is -1.99. The first-order valence-electron chi connectivity index (χ1n) is 12.4. The van der Waals surface area contributed by atoms with Gasteiger partial charge in [-0.05, 0) is 71.8 Å². The van der Waals surface area contributed by atoms with Crippen LogP contribution in [0, 0.1) is 13.8 Å². The van der Waals surface area contributed by atoms with Crippen LogP contribution in [0.3, 0.4) is 0 Å². The molecule has 2 nitrogen and oxygen atoms in total. The van der Waals surface area contributed by atoms with E-state index in [1.165, 1.54) is 43.8 Å². The fourth-order valence-electron chi connectivity index (χ4n) is 4.87. The van der Waals surface area contributed by atoms with Crippen LogP contribution in [0.1, 0.15) is 11.1 Å². The molecule has 0 heterocycles. The van der Waals surface area contributed by atoms with E-state index in [4.69, 9.17) is 0 Å². The summed E-state index contributed by atoms with van der Waals surface area (Å²) >= 11 is 0. The molecule has 2 heteroatoms. The minimum Gasteiger partial charge on any atom is -0.355 e. The average molecular weight is 465 g/mol.